The number of nitrogens with one attached hydrogen (secondary N) is 2. The van der Waals surface area contributed by atoms with Crippen LogP contribution in [-0.2, 0) is 53.6 Å². The van der Waals surface area contributed by atoms with Crippen molar-refractivity contribution in [2.45, 2.75) is 42.9 Å². The minimum atomic E-state index is -3.94. The molecule has 0 spiro atoms. The van der Waals surface area contributed by atoms with Crippen LogP contribution in [0, 0.1) is 42.4 Å². The predicted octanol–water partition coefficient (Wildman–Crippen LogP) is 4.28. The maximum atomic E-state index is 13.8. The molecule has 322 valence electrons. The lowest BCUT2D eigenvalue weighted by atomic mass is 9.92. The van der Waals surface area contributed by atoms with Gasteiger partial charge in [0, 0.05) is 64.2 Å². The molecular formula is C45H41N7O9S2. The summed E-state index contributed by atoms with van der Waals surface area (Å²) in [5.74, 6) is 0.612. The fraction of sp³-hybridized carbons (Fsp3) is 0.267. The molecule has 4 aromatic carbocycles. The van der Waals surface area contributed by atoms with Gasteiger partial charge in [-0.05, 0) is 104 Å². The Morgan fingerprint density at radius 1 is 0.714 bits per heavy atom. The van der Waals surface area contributed by atoms with E-state index in [2.05, 4.69) is 20.8 Å². The fourth-order valence-corrected chi connectivity index (χ4v) is 11.9. The number of Topliss-reactive ketones (excluding diaryl/α,β-unsaturated/α-hetero) is 1. The van der Waals surface area contributed by atoms with E-state index in [4.69, 9.17) is 10.5 Å². The first-order valence-corrected chi connectivity index (χ1v) is 22.8. The highest BCUT2D eigenvalue weighted by Gasteiger charge is 2.36. The molecule has 6 aromatic rings. The Morgan fingerprint density at radius 2 is 1.19 bits per heavy atom. The zero-order valence-electron chi connectivity index (χ0n) is 34.2. The number of carbonyl (C=O) groups excluding carboxylic acids is 1. The molecule has 4 aliphatic rings. The molecule has 0 radical (unpaired) electrons. The molecule has 0 bridgehead atoms. The van der Waals surface area contributed by atoms with Crippen LogP contribution in [0.1, 0.15) is 38.9 Å². The summed E-state index contributed by atoms with van der Waals surface area (Å²) in [6.07, 6.45) is 4.88. The number of hydrogen-bond acceptors (Lipinski definition) is 12. The number of carbonyl (C=O) groups is 1. The van der Waals surface area contributed by atoms with Gasteiger partial charge < -0.3 is 25.2 Å². The molecule has 2 aromatic heterocycles. The van der Waals surface area contributed by atoms with Crippen molar-refractivity contribution in [3.63, 3.8) is 0 Å². The van der Waals surface area contributed by atoms with E-state index >= 15 is 0 Å². The number of aromatic nitrogens is 2. The van der Waals surface area contributed by atoms with E-state index in [1.54, 1.807) is 62.4 Å². The second-order valence-corrected chi connectivity index (χ2v) is 19.3. The number of ketones is 1. The van der Waals surface area contributed by atoms with Gasteiger partial charge in [0.1, 0.15) is 13.2 Å². The maximum Gasteiger partial charge on any atom is 0.264 e. The van der Waals surface area contributed by atoms with Crippen LogP contribution in [0.5, 0.6) is 0 Å². The number of aromatic amines is 2. The van der Waals surface area contributed by atoms with Crippen molar-refractivity contribution in [1.82, 2.24) is 9.97 Å². The smallest absolute Gasteiger partial charge is 0.264 e. The van der Waals surface area contributed by atoms with E-state index in [1.165, 1.54) is 27.1 Å². The van der Waals surface area contributed by atoms with Gasteiger partial charge in [-0.25, -0.2) is 16.8 Å². The SMILES string of the molecule is Cc1c[nH]c(=O)c2cccc(S(=O)(=O)N3CCc4c(CC5COC5)cc(C#N)cc43)c12.Cc1c[nH]c(=O)c2cccc(S(=O)(=O)N3CCc4c(N)cc(C#N)cc43)c12.O=C1COC1. The van der Waals surface area contributed by atoms with Gasteiger partial charge >= 0.3 is 0 Å². The van der Waals surface area contributed by atoms with Crippen LogP contribution < -0.4 is 25.5 Å². The van der Waals surface area contributed by atoms with E-state index < -0.39 is 20.0 Å². The molecule has 0 amide bonds. The van der Waals surface area contributed by atoms with Crippen molar-refractivity contribution in [2.75, 3.05) is 53.9 Å². The van der Waals surface area contributed by atoms with E-state index in [-0.39, 0.29) is 33.2 Å². The predicted molar refractivity (Wildman–Crippen MR) is 236 cm³/mol. The molecule has 0 aliphatic carbocycles. The molecule has 18 heteroatoms. The maximum absolute atomic E-state index is 13.8. The van der Waals surface area contributed by atoms with Crippen LogP contribution in [0.3, 0.4) is 0 Å². The Labute approximate surface area is 362 Å². The molecule has 2 saturated heterocycles. The van der Waals surface area contributed by atoms with Gasteiger partial charge in [0.15, 0.2) is 5.78 Å². The lowest BCUT2D eigenvalue weighted by Gasteiger charge is -2.27. The molecule has 0 atom stereocenters. The van der Waals surface area contributed by atoms with Crippen LogP contribution in [-0.4, -0.2) is 72.1 Å². The molecule has 4 N–H and O–H groups in total. The lowest BCUT2D eigenvalue weighted by Crippen LogP contribution is -2.30. The van der Waals surface area contributed by atoms with Gasteiger partial charge in [0.25, 0.3) is 31.2 Å². The topological polar surface area (TPSA) is 250 Å². The number of nitriles is 2. The second kappa shape index (κ2) is 16.8. The number of nitrogens with two attached hydrogens (primary N) is 1. The zero-order chi connectivity index (χ0) is 44.8. The summed E-state index contributed by atoms with van der Waals surface area (Å²) >= 11 is 0. The fourth-order valence-electron chi connectivity index (χ4n) is 8.35. The van der Waals surface area contributed by atoms with Gasteiger partial charge in [-0.3, -0.25) is 23.0 Å². The Balaban J connectivity index is 0.000000157. The Bertz CT molecular complexity index is 3300. The monoisotopic (exact) mass is 887 g/mol. The highest BCUT2D eigenvalue weighted by atomic mass is 32.2. The first-order chi connectivity index (χ1) is 30.1. The molecule has 6 heterocycles. The first kappa shape index (κ1) is 42.8. The molecule has 0 unspecified atom stereocenters. The largest absolute Gasteiger partial charge is 0.398 e. The van der Waals surface area contributed by atoms with Gasteiger partial charge in [-0.1, -0.05) is 12.1 Å². The number of H-pyrrole nitrogens is 2. The third-order valence-electron chi connectivity index (χ3n) is 11.6. The minimum Gasteiger partial charge on any atom is -0.398 e. The van der Waals surface area contributed by atoms with E-state index in [1.807, 2.05) is 12.1 Å². The van der Waals surface area contributed by atoms with Crippen molar-refractivity contribution in [1.29, 1.82) is 10.5 Å². The summed E-state index contributed by atoms with van der Waals surface area (Å²) < 4.78 is 66.9. The number of aryl methyl sites for hydroxylation is 2. The van der Waals surface area contributed by atoms with Crippen LogP contribution in [0.4, 0.5) is 17.1 Å². The van der Waals surface area contributed by atoms with Crippen molar-refractivity contribution >= 4 is 64.4 Å². The van der Waals surface area contributed by atoms with Gasteiger partial charge in [0.05, 0.1) is 57.6 Å². The number of rotatable bonds is 6. The number of sulfonamides is 2. The summed E-state index contributed by atoms with van der Waals surface area (Å²) in [5.41, 5.74) is 11.5. The minimum absolute atomic E-state index is 0.0670. The number of benzene rings is 4. The average molecular weight is 888 g/mol. The Hall–Kier alpha value is -6.83. The number of nitrogen functional groups attached to an aromatic ring is 1. The van der Waals surface area contributed by atoms with Crippen LogP contribution in [0.2, 0.25) is 0 Å². The van der Waals surface area contributed by atoms with Crippen molar-refractivity contribution in [3.8, 4) is 12.1 Å². The average Bonchev–Trinajstić information content (AvgIpc) is 3.90. The van der Waals surface area contributed by atoms with Crippen molar-refractivity contribution in [2.24, 2.45) is 5.92 Å². The van der Waals surface area contributed by atoms with Crippen molar-refractivity contribution in [3.05, 3.63) is 133 Å². The second-order valence-electron chi connectivity index (χ2n) is 15.7. The van der Waals surface area contributed by atoms with Crippen LogP contribution >= 0.6 is 0 Å². The third-order valence-corrected chi connectivity index (χ3v) is 15.3. The molecule has 0 saturated carbocycles. The number of nitrogens with zero attached hydrogens (tertiary/aromatic N) is 4. The van der Waals surface area contributed by atoms with E-state index in [0.717, 1.165) is 17.5 Å². The molecule has 63 heavy (non-hydrogen) atoms. The summed E-state index contributed by atoms with van der Waals surface area (Å²) in [6.45, 7) is 6.15. The summed E-state index contributed by atoms with van der Waals surface area (Å²) in [7, 11) is -7.88. The molecule has 10 rings (SSSR count). The Kier molecular flexibility index (Phi) is 11.4. The van der Waals surface area contributed by atoms with Crippen LogP contribution in [0.25, 0.3) is 21.5 Å². The lowest BCUT2D eigenvalue weighted by molar-refractivity contribution is -0.140. The third kappa shape index (κ3) is 7.83. The number of fused-ring (bicyclic) bond motifs is 4. The van der Waals surface area contributed by atoms with E-state index in [9.17, 15) is 41.7 Å². The molecular weight excluding hydrogens is 847 g/mol. The highest BCUT2D eigenvalue weighted by Crippen LogP contribution is 2.40. The van der Waals surface area contributed by atoms with Crippen molar-refractivity contribution < 1.29 is 31.1 Å². The number of hydrogen-bond donors (Lipinski definition) is 3. The van der Waals surface area contributed by atoms with Gasteiger partial charge in [0.2, 0.25) is 0 Å². The normalized spacial score (nSPS) is 15.5. The Morgan fingerprint density at radius 3 is 1.63 bits per heavy atom. The zero-order valence-corrected chi connectivity index (χ0v) is 35.9. The number of anilines is 3. The summed E-state index contributed by atoms with van der Waals surface area (Å²) in [4.78, 5) is 39.6. The van der Waals surface area contributed by atoms with E-state index in [0.29, 0.717) is 118 Å². The summed E-state index contributed by atoms with van der Waals surface area (Å²) in [5, 5.41) is 20.2. The van der Waals surface area contributed by atoms with Gasteiger partial charge in [-0.2, -0.15) is 10.5 Å². The molecule has 2 fully saturated rings. The highest BCUT2D eigenvalue weighted by molar-refractivity contribution is 7.93. The standard InChI is InChI=1S/C23H21N3O4S.C19H16N4O3S.C3H4O2/c1-14-11-25-23(27)19-3-2-4-21(22(14)19)31(28,29)26-6-5-18-17(8-16-12-30-13-16)7-15(10-24)9-20(18)26;1-11-10-22-19(24)14-3-2-4-17(18(11)14)27(25,26)23-6-5-13-15(21)7-12(9-20)8-16(13)23;4-3-1-5-2-3/h2-4,7,9,11,16H,5-6,8,12-13H2,1H3,(H,25,27);2-4,7-8,10H,5-6,21H2,1H3,(H,22,24);1-2H2. The first-order valence-electron chi connectivity index (χ1n) is 20.0. The molecule has 16 nitrogen and oxygen atoms in total. The molecule has 4 aliphatic heterocycles. The van der Waals surface area contributed by atoms with Gasteiger partial charge in [-0.15, -0.1) is 0 Å². The van der Waals surface area contributed by atoms with Crippen LogP contribution in [0.15, 0.2) is 92.4 Å². The summed E-state index contributed by atoms with van der Waals surface area (Å²) in [6, 6.07) is 20.2. The number of ether oxygens (including phenoxy) is 2. The number of pyridine rings is 2. The quantitative estimate of drug-likeness (QED) is 0.198.